The van der Waals surface area contributed by atoms with Gasteiger partial charge in [0.05, 0.1) is 24.2 Å². The number of benzene rings is 1. The molecule has 0 fully saturated rings. The van der Waals surface area contributed by atoms with Crippen molar-refractivity contribution in [3.8, 4) is 0 Å². The Balaban J connectivity index is 1.79. The molecule has 0 radical (unpaired) electrons. The van der Waals surface area contributed by atoms with Crippen LogP contribution in [0.15, 0.2) is 23.9 Å². The quantitative estimate of drug-likeness (QED) is 0.324. The highest BCUT2D eigenvalue weighted by Gasteiger charge is 2.29. The van der Waals surface area contributed by atoms with E-state index in [9.17, 15) is 9.59 Å². The van der Waals surface area contributed by atoms with E-state index < -0.39 is 11.9 Å². The number of fused-ring (bicyclic) bond motifs is 4. The first kappa shape index (κ1) is 20.4. The third-order valence-corrected chi connectivity index (χ3v) is 5.90. The van der Waals surface area contributed by atoms with E-state index in [1.165, 1.54) is 23.9 Å². The first-order valence-corrected chi connectivity index (χ1v) is 10.9. The number of carbonyl (C=O) groups is 2. The maximum absolute atomic E-state index is 12.5. The van der Waals surface area contributed by atoms with E-state index in [1.54, 1.807) is 20.0 Å². The first-order valence-electron chi connectivity index (χ1n) is 10.9. The zero-order chi connectivity index (χ0) is 21.3. The van der Waals surface area contributed by atoms with Crippen molar-refractivity contribution in [2.75, 3.05) is 18.1 Å². The second-order valence-corrected chi connectivity index (χ2v) is 7.89. The lowest BCUT2D eigenvalue weighted by Gasteiger charge is -2.35. The first-order chi connectivity index (χ1) is 14.5. The molecule has 1 unspecified atom stereocenters. The van der Waals surface area contributed by atoms with Crippen molar-refractivity contribution in [2.24, 2.45) is 0 Å². The Bertz CT molecular complexity index is 988. The smallest absolute Gasteiger partial charge is 0.347 e. The van der Waals surface area contributed by atoms with Gasteiger partial charge in [0.15, 0.2) is 5.57 Å². The Morgan fingerprint density at radius 3 is 2.57 bits per heavy atom. The number of esters is 2. The normalized spacial score (nSPS) is 17.8. The maximum atomic E-state index is 12.5. The Labute approximate surface area is 176 Å². The molecule has 1 aromatic carbocycles. The number of aromatic nitrogens is 2. The Hall–Kier alpha value is -2.83. The fraction of sp³-hybridized carbons (Fsp3) is 0.522. The number of imidazole rings is 1. The van der Waals surface area contributed by atoms with Crippen molar-refractivity contribution in [2.45, 2.75) is 65.5 Å². The number of aryl methyl sites for hydroxylation is 3. The highest BCUT2D eigenvalue weighted by atomic mass is 16.6. The summed E-state index contributed by atoms with van der Waals surface area (Å²) < 4.78 is 12.6. The lowest BCUT2D eigenvalue weighted by molar-refractivity contribution is -0.146. The van der Waals surface area contributed by atoms with E-state index in [1.807, 2.05) is 4.90 Å². The highest BCUT2D eigenvalue weighted by molar-refractivity contribution is 6.14. The van der Waals surface area contributed by atoms with Crippen LogP contribution in [0.3, 0.4) is 0 Å². The van der Waals surface area contributed by atoms with Crippen LogP contribution in [0.25, 0.3) is 11.0 Å². The molecule has 3 heterocycles. The number of hydrogen-bond donors (Lipinski definition) is 0. The van der Waals surface area contributed by atoms with Crippen molar-refractivity contribution >= 4 is 28.7 Å². The van der Waals surface area contributed by atoms with Gasteiger partial charge in [-0.05, 0) is 64.2 Å². The third-order valence-electron chi connectivity index (χ3n) is 5.90. The van der Waals surface area contributed by atoms with E-state index in [0.29, 0.717) is 0 Å². The summed E-state index contributed by atoms with van der Waals surface area (Å²) in [6.45, 7) is 6.94. The molecule has 0 spiro atoms. The van der Waals surface area contributed by atoms with E-state index >= 15 is 0 Å². The standard InChI is InChI=1S/C23H29N3O4/c1-4-29-22(27)17(23(28)30-5-2)14-26-15(3)9-10-16-12-20-18(13-19(16)26)24-21-8-6-7-11-25(20)21/h12-15H,4-11H2,1-3H3. The van der Waals surface area contributed by atoms with Gasteiger partial charge in [0.1, 0.15) is 5.82 Å². The van der Waals surface area contributed by atoms with Gasteiger partial charge in [0.25, 0.3) is 0 Å². The van der Waals surface area contributed by atoms with Gasteiger partial charge in [0.2, 0.25) is 0 Å². The molecule has 0 aliphatic carbocycles. The van der Waals surface area contributed by atoms with Crippen LogP contribution in [0.1, 0.15) is 51.4 Å². The van der Waals surface area contributed by atoms with Crippen LogP contribution in [-0.2, 0) is 38.4 Å². The molecule has 0 amide bonds. The minimum Gasteiger partial charge on any atom is -0.462 e. The average Bonchev–Trinajstić information content (AvgIpc) is 3.09. The zero-order valence-corrected chi connectivity index (χ0v) is 17.9. The molecule has 4 rings (SSSR count). The molecule has 1 atom stereocenters. The van der Waals surface area contributed by atoms with Crippen molar-refractivity contribution in [3.63, 3.8) is 0 Å². The van der Waals surface area contributed by atoms with Crippen LogP contribution in [0, 0.1) is 0 Å². The van der Waals surface area contributed by atoms with Gasteiger partial charge in [0, 0.05) is 30.9 Å². The molecule has 30 heavy (non-hydrogen) atoms. The second-order valence-electron chi connectivity index (χ2n) is 7.89. The minimum absolute atomic E-state index is 0.0809. The lowest BCUT2D eigenvalue weighted by atomic mass is 9.96. The predicted octanol–water partition coefficient (Wildman–Crippen LogP) is 3.52. The van der Waals surface area contributed by atoms with Crippen LogP contribution in [0.2, 0.25) is 0 Å². The second kappa shape index (κ2) is 8.50. The van der Waals surface area contributed by atoms with Gasteiger partial charge in [-0.1, -0.05) is 0 Å². The Kier molecular flexibility index (Phi) is 5.79. The average molecular weight is 412 g/mol. The monoisotopic (exact) mass is 411 g/mol. The molecular weight excluding hydrogens is 382 g/mol. The molecule has 2 aliphatic rings. The van der Waals surface area contributed by atoms with Crippen molar-refractivity contribution in [1.29, 1.82) is 0 Å². The molecule has 0 N–H and O–H groups in total. The molecule has 0 saturated heterocycles. The van der Waals surface area contributed by atoms with Gasteiger partial charge in [-0.25, -0.2) is 14.6 Å². The number of anilines is 1. The van der Waals surface area contributed by atoms with Crippen LogP contribution >= 0.6 is 0 Å². The molecule has 7 nitrogen and oxygen atoms in total. The molecular formula is C23H29N3O4. The Morgan fingerprint density at radius 2 is 1.87 bits per heavy atom. The molecule has 0 bridgehead atoms. The van der Waals surface area contributed by atoms with Gasteiger partial charge in [-0.2, -0.15) is 0 Å². The number of carbonyl (C=O) groups excluding carboxylic acids is 2. The van der Waals surface area contributed by atoms with Gasteiger partial charge in [-0.15, -0.1) is 0 Å². The summed E-state index contributed by atoms with van der Waals surface area (Å²) in [6, 6.07) is 4.45. The fourth-order valence-electron chi connectivity index (χ4n) is 4.37. The number of hydrogen-bond acceptors (Lipinski definition) is 6. The maximum Gasteiger partial charge on any atom is 0.347 e. The van der Waals surface area contributed by atoms with Crippen LogP contribution in [0.5, 0.6) is 0 Å². The molecule has 2 aliphatic heterocycles. The van der Waals surface area contributed by atoms with Crippen molar-refractivity contribution < 1.29 is 19.1 Å². The largest absolute Gasteiger partial charge is 0.462 e. The fourth-order valence-corrected chi connectivity index (χ4v) is 4.37. The summed E-state index contributed by atoms with van der Waals surface area (Å²) in [5, 5.41) is 0. The van der Waals surface area contributed by atoms with Crippen LogP contribution < -0.4 is 4.90 Å². The van der Waals surface area contributed by atoms with Crippen molar-refractivity contribution in [3.05, 3.63) is 35.3 Å². The zero-order valence-electron chi connectivity index (χ0n) is 17.9. The van der Waals surface area contributed by atoms with Crippen molar-refractivity contribution in [1.82, 2.24) is 9.55 Å². The third kappa shape index (κ3) is 3.68. The summed E-state index contributed by atoms with van der Waals surface area (Å²) in [6.07, 6.45) is 6.84. The highest BCUT2D eigenvalue weighted by Crippen LogP contribution is 2.36. The number of nitrogens with zero attached hydrogens (tertiary/aromatic N) is 3. The number of rotatable bonds is 5. The Morgan fingerprint density at radius 1 is 1.13 bits per heavy atom. The molecule has 7 heteroatoms. The van der Waals surface area contributed by atoms with Crippen LogP contribution in [0.4, 0.5) is 5.69 Å². The van der Waals surface area contributed by atoms with Gasteiger partial charge in [-0.3, -0.25) is 0 Å². The van der Waals surface area contributed by atoms with Gasteiger partial charge >= 0.3 is 11.9 Å². The SMILES string of the molecule is CCOC(=O)C(=CN1c2cc3nc4n(c3cc2CCC1C)CCCC4)C(=O)OCC. The summed E-state index contributed by atoms with van der Waals surface area (Å²) in [5.41, 5.74) is 4.26. The summed E-state index contributed by atoms with van der Waals surface area (Å²) in [4.78, 5) is 31.8. The van der Waals surface area contributed by atoms with E-state index in [2.05, 4.69) is 23.6 Å². The summed E-state index contributed by atoms with van der Waals surface area (Å²) in [5.74, 6) is -0.171. The van der Waals surface area contributed by atoms with E-state index in [4.69, 9.17) is 14.5 Å². The van der Waals surface area contributed by atoms with E-state index in [0.717, 1.165) is 42.8 Å². The molecule has 1 aromatic heterocycles. The van der Waals surface area contributed by atoms with Gasteiger partial charge < -0.3 is 18.9 Å². The minimum atomic E-state index is -0.659. The molecule has 0 saturated carbocycles. The molecule has 2 aromatic rings. The van der Waals surface area contributed by atoms with E-state index in [-0.39, 0.29) is 24.8 Å². The predicted molar refractivity (Wildman–Crippen MR) is 114 cm³/mol. The summed E-state index contributed by atoms with van der Waals surface area (Å²) >= 11 is 0. The van der Waals surface area contributed by atoms with Crippen LogP contribution in [-0.4, -0.2) is 40.7 Å². The summed E-state index contributed by atoms with van der Waals surface area (Å²) in [7, 11) is 0. The number of ether oxygens (including phenoxy) is 2. The molecule has 160 valence electrons. The topological polar surface area (TPSA) is 73.7 Å². The lowest BCUT2D eigenvalue weighted by Crippen LogP contribution is -2.35.